The highest BCUT2D eigenvalue weighted by molar-refractivity contribution is 5.79. The van der Waals surface area contributed by atoms with Crippen molar-refractivity contribution in [2.75, 3.05) is 39.9 Å². The lowest BCUT2D eigenvalue weighted by atomic mass is 10.0. The minimum atomic E-state index is 0.264. The van der Waals surface area contributed by atoms with E-state index in [1.54, 1.807) is 7.05 Å². The zero-order chi connectivity index (χ0) is 21.3. The normalized spacial score (nSPS) is 16.5. The molecule has 0 bridgehead atoms. The van der Waals surface area contributed by atoms with E-state index in [4.69, 9.17) is 9.26 Å². The molecular formula is C23H35N5O2. The maximum atomic E-state index is 5.57. The first-order valence-corrected chi connectivity index (χ1v) is 10.9. The minimum absolute atomic E-state index is 0.264. The zero-order valence-electron chi connectivity index (χ0n) is 18.7. The van der Waals surface area contributed by atoms with Gasteiger partial charge in [0.05, 0.1) is 24.9 Å². The fourth-order valence-corrected chi connectivity index (χ4v) is 3.95. The Morgan fingerprint density at radius 1 is 1.20 bits per heavy atom. The quantitative estimate of drug-likeness (QED) is 0.512. The largest absolute Gasteiger partial charge is 0.379 e. The third kappa shape index (κ3) is 5.61. The fraction of sp³-hybridized carbons (Fsp3) is 0.565. The van der Waals surface area contributed by atoms with Crippen LogP contribution < -0.4 is 10.6 Å². The summed E-state index contributed by atoms with van der Waals surface area (Å²) in [5.74, 6) is 1.73. The van der Waals surface area contributed by atoms with Gasteiger partial charge in [0.25, 0.3) is 0 Å². The molecule has 2 aromatic rings. The maximum absolute atomic E-state index is 5.57. The molecule has 1 saturated heterocycles. The standard InChI is InChI=1S/C23H35N5O2/c1-5-20-19(22(6-2)30-27-20)15-25-23(24-4)26-16-21(28-10-12-29-13-11-28)18-9-7-8-17(3)14-18/h7-9,14,21H,5-6,10-13,15-16H2,1-4H3,(H2,24,25,26). The zero-order valence-corrected chi connectivity index (χ0v) is 18.7. The van der Waals surface area contributed by atoms with Crippen molar-refractivity contribution in [3.8, 4) is 0 Å². The minimum Gasteiger partial charge on any atom is -0.379 e. The molecule has 0 spiro atoms. The number of aromatic nitrogens is 1. The number of hydrogen-bond donors (Lipinski definition) is 2. The van der Waals surface area contributed by atoms with Gasteiger partial charge in [-0.2, -0.15) is 0 Å². The number of aryl methyl sites for hydroxylation is 3. The molecule has 1 aromatic heterocycles. The topological polar surface area (TPSA) is 74.9 Å². The van der Waals surface area contributed by atoms with Gasteiger partial charge in [-0.25, -0.2) is 0 Å². The monoisotopic (exact) mass is 413 g/mol. The van der Waals surface area contributed by atoms with Crippen LogP contribution in [0.5, 0.6) is 0 Å². The number of nitrogens with one attached hydrogen (secondary N) is 2. The van der Waals surface area contributed by atoms with E-state index >= 15 is 0 Å². The van der Waals surface area contributed by atoms with Crippen LogP contribution in [0.4, 0.5) is 0 Å². The number of rotatable bonds is 8. The summed E-state index contributed by atoms with van der Waals surface area (Å²) >= 11 is 0. The predicted octanol–water partition coefficient (Wildman–Crippen LogP) is 2.85. The molecule has 2 heterocycles. The van der Waals surface area contributed by atoms with Crippen molar-refractivity contribution in [1.29, 1.82) is 0 Å². The molecule has 7 heteroatoms. The number of hydrogen-bond acceptors (Lipinski definition) is 5. The molecule has 0 radical (unpaired) electrons. The van der Waals surface area contributed by atoms with E-state index in [0.29, 0.717) is 6.54 Å². The third-order valence-corrected chi connectivity index (χ3v) is 5.64. The van der Waals surface area contributed by atoms with E-state index in [2.05, 4.69) is 70.7 Å². The van der Waals surface area contributed by atoms with Crippen molar-refractivity contribution in [2.45, 2.75) is 46.2 Å². The lowest BCUT2D eigenvalue weighted by molar-refractivity contribution is 0.0170. The summed E-state index contributed by atoms with van der Waals surface area (Å²) in [5, 5.41) is 11.2. The Labute approximate surface area is 179 Å². The molecule has 1 atom stereocenters. The second-order valence-corrected chi connectivity index (χ2v) is 7.62. The number of aliphatic imine (C=N–C) groups is 1. The molecule has 1 fully saturated rings. The van der Waals surface area contributed by atoms with Crippen LogP contribution in [0.3, 0.4) is 0 Å². The Morgan fingerprint density at radius 2 is 2.00 bits per heavy atom. The van der Waals surface area contributed by atoms with E-state index in [-0.39, 0.29) is 6.04 Å². The van der Waals surface area contributed by atoms with Crippen molar-refractivity contribution in [3.63, 3.8) is 0 Å². The Bertz CT molecular complexity index is 805. The number of benzene rings is 1. The molecule has 7 nitrogen and oxygen atoms in total. The Hall–Kier alpha value is -2.38. The summed E-state index contributed by atoms with van der Waals surface area (Å²) < 4.78 is 11.0. The lowest BCUT2D eigenvalue weighted by Gasteiger charge is -2.35. The number of morpholine rings is 1. The molecule has 1 unspecified atom stereocenters. The molecule has 164 valence electrons. The molecule has 0 amide bonds. The number of ether oxygens (including phenoxy) is 1. The summed E-state index contributed by atoms with van der Waals surface area (Å²) in [6.07, 6.45) is 1.70. The predicted molar refractivity (Wildman–Crippen MR) is 120 cm³/mol. The first-order valence-electron chi connectivity index (χ1n) is 10.9. The highest BCUT2D eigenvalue weighted by atomic mass is 16.5. The number of nitrogens with zero attached hydrogens (tertiary/aromatic N) is 3. The van der Waals surface area contributed by atoms with E-state index < -0.39 is 0 Å². The average molecular weight is 414 g/mol. The van der Waals surface area contributed by atoms with Crippen LogP contribution >= 0.6 is 0 Å². The van der Waals surface area contributed by atoms with Gasteiger partial charge in [0, 0.05) is 45.2 Å². The third-order valence-electron chi connectivity index (χ3n) is 5.64. The first-order chi connectivity index (χ1) is 14.7. The number of guanidine groups is 1. The van der Waals surface area contributed by atoms with Crippen molar-refractivity contribution in [1.82, 2.24) is 20.7 Å². The van der Waals surface area contributed by atoms with E-state index in [1.165, 1.54) is 11.1 Å². The van der Waals surface area contributed by atoms with Gasteiger partial charge < -0.3 is 19.9 Å². The van der Waals surface area contributed by atoms with Gasteiger partial charge in [-0.3, -0.25) is 9.89 Å². The highest BCUT2D eigenvalue weighted by Gasteiger charge is 2.23. The van der Waals surface area contributed by atoms with E-state index in [1.807, 2.05) is 0 Å². The van der Waals surface area contributed by atoms with Crippen molar-refractivity contribution in [2.24, 2.45) is 4.99 Å². The van der Waals surface area contributed by atoms with Crippen molar-refractivity contribution >= 4 is 5.96 Å². The van der Waals surface area contributed by atoms with Gasteiger partial charge in [-0.15, -0.1) is 0 Å². The summed E-state index contributed by atoms with van der Waals surface area (Å²) in [5.41, 5.74) is 4.76. The van der Waals surface area contributed by atoms with Gasteiger partial charge in [-0.1, -0.05) is 48.8 Å². The van der Waals surface area contributed by atoms with Crippen LogP contribution in [-0.4, -0.2) is 55.9 Å². The molecular weight excluding hydrogens is 378 g/mol. The van der Waals surface area contributed by atoms with Gasteiger partial charge in [0.2, 0.25) is 0 Å². The van der Waals surface area contributed by atoms with Crippen molar-refractivity contribution in [3.05, 3.63) is 52.4 Å². The summed E-state index contributed by atoms with van der Waals surface area (Å²) in [4.78, 5) is 6.92. The first kappa shape index (κ1) is 22.3. The van der Waals surface area contributed by atoms with Crippen LogP contribution in [0.15, 0.2) is 33.8 Å². The average Bonchev–Trinajstić information content (AvgIpc) is 3.18. The Morgan fingerprint density at radius 3 is 2.67 bits per heavy atom. The molecule has 3 rings (SSSR count). The second kappa shape index (κ2) is 11.1. The van der Waals surface area contributed by atoms with Crippen LogP contribution in [-0.2, 0) is 24.1 Å². The molecule has 1 aliphatic rings. The highest BCUT2D eigenvalue weighted by Crippen LogP contribution is 2.22. The Kier molecular flexibility index (Phi) is 8.28. The SMILES string of the molecule is CCc1noc(CC)c1CNC(=NC)NCC(c1cccc(C)c1)N1CCOCC1. The van der Waals surface area contributed by atoms with Crippen LogP contribution in [0.25, 0.3) is 0 Å². The summed E-state index contributed by atoms with van der Waals surface area (Å²) in [7, 11) is 1.81. The molecule has 1 aliphatic heterocycles. The van der Waals surface area contributed by atoms with Crippen molar-refractivity contribution < 1.29 is 9.26 Å². The van der Waals surface area contributed by atoms with Gasteiger partial charge >= 0.3 is 0 Å². The second-order valence-electron chi connectivity index (χ2n) is 7.62. The smallest absolute Gasteiger partial charge is 0.191 e. The summed E-state index contributed by atoms with van der Waals surface area (Å²) in [6, 6.07) is 9.03. The van der Waals surface area contributed by atoms with Crippen LogP contribution in [0, 0.1) is 6.92 Å². The molecule has 1 aromatic carbocycles. The molecule has 0 aliphatic carbocycles. The van der Waals surface area contributed by atoms with Gasteiger partial charge in [0.1, 0.15) is 5.76 Å². The summed E-state index contributed by atoms with van der Waals surface area (Å²) in [6.45, 7) is 11.2. The van der Waals surface area contributed by atoms with E-state index in [9.17, 15) is 0 Å². The lowest BCUT2D eigenvalue weighted by Crippen LogP contribution is -2.46. The van der Waals surface area contributed by atoms with Gasteiger partial charge in [0.15, 0.2) is 5.96 Å². The van der Waals surface area contributed by atoms with Crippen LogP contribution in [0.1, 0.15) is 48.0 Å². The molecule has 0 saturated carbocycles. The fourth-order valence-electron chi connectivity index (χ4n) is 3.95. The Balaban J connectivity index is 1.66. The molecule has 2 N–H and O–H groups in total. The van der Waals surface area contributed by atoms with Crippen LogP contribution in [0.2, 0.25) is 0 Å². The maximum Gasteiger partial charge on any atom is 0.191 e. The van der Waals surface area contributed by atoms with Gasteiger partial charge in [-0.05, 0) is 18.9 Å². The van der Waals surface area contributed by atoms with E-state index in [0.717, 1.165) is 68.7 Å². The molecule has 30 heavy (non-hydrogen) atoms.